The van der Waals surface area contributed by atoms with Crippen LogP contribution >= 0.6 is 0 Å². The number of primary amides is 1. The van der Waals surface area contributed by atoms with E-state index in [1.54, 1.807) is 13.0 Å². The van der Waals surface area contributed by atoms with E-state index in [-0.39, 0.29) is 30.1 Å². The summed E-state index contributed by atoms with van der Waals surface area (Å²) >= 11 is 0. The van der Waals surface area contributed by atoms with Crippen molar-refractivity contribution in [3.05, 3.63) is 58.1 Å². The van der Waals surface area contributed by atoms with Crippen LogP contribution in [0.4, 0.5) is 0 Å². The molecule has 0 fully saturated rings. The predicted octanol–water partition coefficient (Wildman–Crippen LogP) is 1.72. The molecule has 7 N–H and O–H groups in total. The van der Waals surface area contributed by atoms with E-state index in [9.17, 15) is 35.1 Å². The van der Waals surface area contributed by atoms with Gasteiger partial charge in [0.05, 0.1) is 6.10 Å². The molecule has 0 spiro atoms. The molecular formula is C24H27NO7. The van der Waals surface area contributed by atoms with Gasteiger partial charge in [-0.3, -0.25) is 9.59 Å². The van der Waals surface area contributed by atoms with Gasteiger partial charge >= 0.3 is 0 Å². The Hall–Kier alpha value is -3.10. The minimum absolute atomic E-state index is 0.0323. The Morgan fingerprint density at radius 2 is 1.94 bits per heavy atom. The third-order valence-electron chi connectivity index (χ3n) is 7.04. The number of nitrogens with two attached hydrogens (primary N) is 1. The Morgan fingerprint density at radius 1 is 1.25 bits per heavy atom. The number of phenols is 1. The van der Waals surface area contributed by atoms with Gasteiger partial charge in [0.1, 0.15) is 22.8 Å². The molecule has 0 saturated heterocycles. The number of benzene rings is 1. The fourth-order valence-corrected chi connectivity index (χ4v) is 5.47. The van der Waals surface area contributed by atoms with Crippen LogP contribution in [0.1, 0.15) is 42.9 Å². The van der Waals surface area contributed by atoms with Gasteiger partial charge in [-0.2, -0.15) is 0 Å². The van der Waals surface area contributed by atoms with Crippen LogP contribution in [-0.4, -0.2) is 48.9 Å². The second-order valence-electron chi connectivity index (χ2n) is 9.04. The van der Waals surface area contributed by atoms with Crippen LogP contribution < -0.4 is 5.73 Å². The average molecular weight is 441 g/mol. The van der Waals surface area contributed by atoms with Crippen LogP contribution in [-0.2, 0) is 22.4 Å². The van der Waals surface area contributed by atoms with E-state index in [0.717, 1.165) is 11.1 Å². The van der Waals surface area contributed by atoms with Gasteiger partial charge in [-0.15, -0.1) is 0 Å². The number of aromatic hydroxyl groups is 1. The zero-order chi connectivity index (χ0) is 23.5. The van der Waals surface area contributed by atoms with Gasteiger partial charge in [0.15, 0.2) is 11.4 Å². The maximum atomic E-state index is 12.4. The Bertz CT molecular complexity index is 1110. The van der Waals surface area contributed by atoms with Crippen LogP contribution in [0.25, 0.3) is 5.57 Å². The lowest BCUT2D eigenvalue weighted by Crippen LogP contribution is -2.53. The van der Waals surface area contributed by atoms with Crippen molar-refractivity contribution in [1.29, 1.82) is 0 Å². The largest absolute Gasteiger partial charge is 0.508 e. The number of carbonyl (C=O) groups is 2. The molecule has 170 valence electrons. The number of allylic oxidation sites excluding steroid dienone is 2. The number of aryl methyl sites for hydroxylation is 1. The summed E-state index contributed by atoms with van der Waals surface area (Å²) in [5.41, 5.74) is 5.01. The van der Waals surface area contributed by atoms with E-state index in [4.69, 9.17) is 5.73 Å². The van der Waals surface area contributed by atoms with Gasteiger partial charge in [0, 0.05) is 23.5 Å². The van der Waals surface area contributed by atoms with Crippen molar-refractivity contribution in [2.24, 2.45) is 17.6 Å². The molecular weight excluding hydrogens is 414 g/mol. The topological polar surface area (TPSA) is 161 Å². The average Bonchev–Trinajstić information content (AvgIpc) is 2.69. The molecule has 4 atom stereocenters. The lowest BCUT2D eigenvalue weighted by molar-refractivity contribution is -0.128. The second-order valence-corrected chi connectivity index (χ2v) is 9.04. The van der Waals surface area contributed by atoms with Gasteiger partial charge in [0.25, 0.3) is 5.91 Å². The fraction of sp³-hybridized carbons (Fsp3) is 0.417. The molecule has 3 aliphatic rings. The van der Waals surface area contributed by atoms with Gasteiger partial charge < -0.3 is 31.3 Å². The molecule has 1 aromatic carbocycles. The standard InChI is InChI=1S/C24H27NO7/c1-10(26)3-4-12-5-6-16(27)19-11(2)18-13(8-15(12)19)7-14-9-17(28)20(23(25)31)22(30)24(14,32)21(18)29/h5-6,10,13-14,26-27,29-30,32H,2-4,7-9H2,1H3,(H2,25,31)/t10?,13-,14+,24+/m1/s1. The molecule has 8 heteroatoms. The molecule has 4 rings (SSSR count). The zero-order valence-electron chi connectivity index (χ0n) is 17.8. The highest BCUT2D eigenvalue weighted by molar-refractivity contribution is 6.20. The molecule has 1 unspecified atom stereocenters. The first-order valence-electron chi connectivity index (χ1n) is 10.6. The number of aliphatic hydroxyl groups excluding tert-OH is 3. The van der Waals surface area contributed by atoms with E-state index in [2.05, 4.69) is 6.58 Å². The van der Waals surface area contributed by atoms with E-state index in [1.807, 2.05) is 0 Å². The van der Waals surface area contributed by atoms with Gasteiger partial charge in [-0.25, -0.2) is 0 Å². The van der Waals surface area contributed by atoms with Gasteiger partial charge in [0.2, 0.25) is 0 Å². The maximum absolute atomic E-state index is 12.4. The number of hydrogen-bond acceptors (Lipinski definition) is 7. The minimum Gasteiger partial charge on any atom is -0.508 e. The second kappa shape index (κ2) is 7.50. The lowest BCUT2D eigenvalue weighted by atomic mass is 9.60. The number of hydrogen-bond donors (Lipinski definition) is 6. The summed E-state index contributed by atoms with van der Waals surface area (Å²) in [5.74, 6) is -4.56. The smallest absolute Gasteiger partial charge is 0.255 e. The first-order valence-corrected chi connectivity index (χ1v) is 10.6. The molecule has 1 amide bonds. The van der Waals surface area contributed by atoms with E-state index in [0.29, 0.717) is 30.4 Å². The van der Waals surface area contributed by atoms with Crippen LogP contribution in [0.2, 0.25) is 0 Å². The normalized spacial score (nSPS) is 28.2. The number of rotatable bonds is 4. The Morgan fingerprint density at radius 3 is 2.56 bits per heavy atom. The summed E-state index contributed by atoms with van der Waals surface area (Å²) in [7, 11) is 0. The molecule has 0 aromatic heterocycles. The SMILES string of the molecule is C=C1C2=C(O)[C@]3(O)C(O)=C(C(N)=O)C(=O)C[C@@H]3C[C@@H]2Cc2c(CCC(C)O)ccc(O)c21. The van der Waals surface area contributed by atoms with Crippen molar-refractivity contribution in [3.8, 4) is 5.75 Å². The number of phenolic OH excluding ortho intramolecular Hbond substituents is 1. The quantitative estimate of drug-likeness (QED) is 0.388. The van der Waals surface area contributed by atoms with Gasteiger partial charge in [-0.05, 0) is 61.3 Å². The molecule has 1 aromatic rings. The first-order chi connectivity index (χ1) is 15.0. The number of ketones is 1. The summed E-state index contributed by atoms with van der Waals surface area (Å²) < 4.78 is 0. The third-order valence-corrected chi connectivity index (χ3v) is 7.04. The Kier molecular flexibility index (Phi) is 5.18. The predicted molar refractivity (Wildman–Crippen MR) is 116 cm³/mol. The molecule has 8 nitrogen and oxygen atoms in total. The van der Waals surface area contributed by atoms with Crippen molar-refractivity contribution in [2.45, 2.75) is 50.7 Å². The molecule has 0 heterocycles. The Labute approximate surface area is 185 Å². The minimum atomic E-state index is -2.33. The molecule has 0 aliphatic heterocycles. The van der Waals surface area contributed by atoms with E-state index in [1.165, 1.54) is 6.07 Å². The van der Waals surface area contributed by atoms with Gasteiger partial charge in [-0.1, -0.05) is 12.6 Å². The first kappa shape index (κ1) is 22.1. The van der Waals surface area contributed by atoms with Crippen molar-refractivity contribution >= 4 is 17.3 Å². The summed E-state index contributed by atoms with van der Waals surface area (Å²) in [4.78, 5) is 24.1. The van der Waals surface area contributed by atoms with Crippen LogP contribution in [0.15, 0.2) is 41.4 Å². The number of carbonyl (C=O) groups excluding carboxylic acids is 2. The molecule has 0 radical (unpaired) electrons. The van der Waals surface area contributed by atoms with Crippen LogP contribution in [0, 0.1) is 11.8 Å². The number of Topliss-reactive ketones (excluding diaryl/α,β-unsaturated/α-hetero) is 1. The highest BCUT2D eigenvalue weighted by Gasteiger charge is 2.57. The summed E-state index contributed by atoms with van der Waals surface area (Å²) in [6.07, 6.45) is 1.06. The van der Waals surface area contributed by atoms with Crippen LogP contribution in [0.5, 0.6) is 5.75 Å². The monoisotopic (exact) mass is 441 g/mol. The van der Waals surface area contributed by atoms with E-state index >= 15 is 0 Å². The number of fused-ring (bicyclic) bond motifs is 3. The number of aliphatic hydroxyl groups is 4. The molecule has 32 heavy (non-hydrogen) atoms. The van der Waals surface area contributed by atoms with Crippen molar-refractivity contribution in [2.75, 3.05) is 0 Å². The third kappa shape index (κ3) is 3.05. The van der Waals surface area contributed by atoms with Crippen molar-refractivity contribution in [1.82, 2.24) is 0 Å². The fourth-order valence-electron chi connectivity index (χ4n) is 5.47. The number of amides is 1. The van der Waals surface area contributed by atoms with Crippen molar-refractivity contribution < 1.29 is 35.1 Å². The maximum Gasteiger partial charge on any atom is 0.255 e. The van der Waals surface area contributed by atoms with E-state index < -0.39 is 46.4 Å². The zero-order valence-corrected chi connectivity index (χ0v) is 17.8. The summed E-state index contributed by atoms with van der Waals surface area (Å²) in [5, 5.41) is 53.4. The highest BCUT2D eigenvalue weighted by Crippen LogP contribution is 2.55. The summed E-state index contributed by atoms with van der Waals surface area (Å²) in [6.45, 7) is 5.76. The van der Waals surface area contributed by atoms with Crippen molar-refractivity contribution in [3.63, 3.8) is 0 Å². The lowest BCUT2D eigenvalue weighted by Gasteiger charge is -2.47. The van der Waals surface area contributed by atoms with Crippen LogP contribution in [0.3, 0.4) is 0 Å². The molecule has 0 bridgehead atoms. The molecule has 3 aliphatic carbocycles. The Balaban J connectivity index is 1.88. The molecule has 0 saturated carbocycles. The highest BCUT2D eigenvalue weighted by atomic mass is 16.4. The summed E-state index contributed by atoms with van der Waals surface area (Å²) in [6, 6.07) is 3.33.